The third-order valence-electron chi connectivity index (χ3n) is 4.11. The Balaban J connectivity index is 5.19. The summed E-state index contributed by atoms with van der Waals surface area (Å²) in [5.41, 5.74) is -0.0159. The van der Waals surface area contributed by atoms with Gasteiger partial charge in [-0.1, -0.05) is 0 Å². The maximum absolute atomic E-state index is 11.6. The summed E-state index contributed by atoms with van der Waals surface area (Å²) in [7, 11) is 0. The number of rotatable bonds is 8. The first kappa shape index (κ1) is 16.3. The molecule has 2 radical (unpaired) electrons. The molecule has 0 saturated heterocycles. The van der Waals surface area contributed by atoms with Gasteiger partial charge in [-0.3, -0.25) is 0 Å². The molecule has 1 N–H and O–H groups in total. The Morgan fingerprint density at radius 3 is 1.88 bits per heavy atom. The minimum atomic E-state index is -0.608. The summed E-state index contributed by atoms with van der Waals surface area (Å²) in [4.78, 5) is 11.6. The van der Waals surface area contributed by atoms with Gasteiger partial charge in [-0.15, -0.1) is 0 Å². The van der Waals surface area contributed by atoms with Crippen molar-refractivity contribution >= 4 is 29.0 Å². The number of hydrogen-bond acceptors (Lipinski definition) is 1. The molecule has 0 aromatic carbocycles. The van der Waals surface area contributed by atoms with Crippen molar-refractivity contribution in [1.82, 2.24) is 0 Å². The molecule has 0 aliphatic rings. The number of hydrogen-bond donors (Lipinski definition) is 1. The molecule has 0 aliphatic carbocycles. The van der Waals surface area contributed by atoms with Crippen LogP contribution in [0, 0.1) is 5.41 Å². The van der Waals surface area contributed by atoms with Crippen molar-refractivity contribution in [2.45, 2.75) is 69.6 Å². The molecule has 0 fully saturated rings. The zero-order chi connectivity index (χ0) is 12.8. The van der Waals surface area contributed by atoms with E-state index in [9.17, 15) is 9.90 Å². The van der Waals surface area contributed by atoms with E-state index in [2.05, 4.69) is 20.8 Å². The van der Waals surface area contributed by atoms with Gasteiger partial charge < -0.3 is 0 Å². The van der Waals surface area contributed by atoms with Crippen LogP contribution in [0.15, 0.2) is 0 Å². The van der Waals surface area contributed by atoms with E-state index >= 15 is 0 Å². The van der Waals surface area contributed by atoms with Crippen molar-refractivity contribution in [3.8, 4) is 0 Å². The number of aliphatic carboxylic acids is 1. The van der Waals surface area contributed by atoms with Crippen LogP contribution < -0.4 is 0 Å². The Kier molecular flexibility index (Phi) is 7.01. The van der Waals surface area contributed by atoms with E-state index in [0.29, 0.717) is 0 Å². The van der Waals surface area contributed by atoms with Crippen molar-refractivity contribution in [2.75, 3.05) is 0 Å². The second kappa shape index (κ2) is 6.89. The van der Waals surface area contributed by atoms with E-state index in [0.717, 1.165) is 38.5 Å². The van der Waals surface area contributed by atoms with Crippen LogP contribution in [0.1, 0.15) is 66.2 Å². The molecule has 16 heavy (non-hydrogen) atoms. The zero-order valence-electron chi connectivity index (χ0n) is 11.0. The molecule has 0 saturated carbocycles. The van der Waals surface area contributed by atoms with Crippen LogP contribution in [0.25, 0.3) is 0 Å². The van der Waals surface area contributed by atoms with Gasteiger partial charge >= 0.3 is 114 Å². The maximum atomic E-state index is 11.6. The van der Waals surface area contributed by atoms with Gasteiger partial charge in [-0.2, -0.15) is 0 Å². The van der Waals surface area contributed by atoms with Crippen LogP contribution in [0.5, 0.6) is 0 Å². The Morgan fingerprint density at radius 1 is 1.12 bits per heavy atom. The molecule has 0 heterocycles. The van der Waals surface area contributed by atoms with Crippen LogP contribution >= 0.6 is 0 Å². The monoisotopic (exact) mass is 334 g/mol. The fraction of sp³-hybridized carbons (Fsp3) is 0.923. The molecule has 1 atom stereocenters. The van der Waals surface area contributed by atoms with Crippen molar-refractivity contribution in [1.29, 1.82) is 0 Å². The van der Waals surface area contributed by atoms with Crippen LogP contribution in [0.4, 0.5) is 0 Å². The molecular weight excluding hydrogens is 310 g/mol. The third-order valence-corrected chi connectivity index (χ3v) is 6.91. The molecule has 0 amide bonds. The minimum absolute atomic E-state index is 0.0159. The average Bonchev–Trinajstić information content (AvgIpc) is 2.30. The van der Waals surface area contributed by atoms with Crippen LogP contribution in [-0.4, -0.2) is 34.1 Å². The summed E-state index contributed by atoms with van der Waals surface area (Å²) in [6.07, 6.45) is 6.01. The van der Waals surface area contributed by atoms with E-state index in [4.69, 9.17) is 0 Å². The van der Waals surface area contributed by atoms with E-state index in [1.807, 2.05) is 6.92 Å². The van der Waals surface area contributed by atoms with Gasteiger partial charge in [0.15, 0.2) is 0 Å². The number of unbranched alkanes of at least 4 members (excludes halogenated alkanes) is 1. The number of carboxylic acid groups (broad SMARTS) is 1. The van der Waals surface area contributed by atoms with E-state index in [-0.39, 0.29) is 5.41 Å². The van der Waals surface area contributed by atoms with Gasteiger partial charge in [0.2, 0.25) is 0 Å². The average molecular weight is 335 g/mol. The molecule has 0 bridgehead atoms. The second-order valence-corrected chi connectivity index (χ2v) is 6.79. The third kappa shape index (κ3) is 2.94. The Bertz CT molecular complexity index is 224. The fourth-order valence-corrected chi connectivity index (χ4v) is 3.89. The first-order chi connectivity index (χ1) is 7.44. The quantitative estimate of drug-likeness (QED) is 0.685. The molecule has 0 aromatic rings. The molecule has 0 aliphatic heterocycles. The van der Waals surface area contributed by atoms with Gasteiger partial charge in [0.1, 0.15) is 0 Å². The van der Waals surface area contributed by atoms with Crippen LogP contribution in [0.3, 0.4) is 0 Å². The normalized spacial score (nSPS) is 15.8. The Labute approximate surface area is 114 Å². The van der Waals surface area contributed by atoms with Gasteiger partial charge in [0.05, 0.1) is 0 Å². The molecule has 1 unspecified atom stereocenters. The summed E-state index contributed by atoms with van der Waals surface area (Å²) in [5.74, 6) is -0.608. The zero-order valence-corrected chi connectivity index (χ0v) is 13.6. The van der Waals surface area contributed by atoms with Crippen molar-refractivity contribution < 1.29 is 9.90 Å². The van der Waals surface area contributed by atoms with E-state index in [1.54, 1.807) is 0 Å². The molecule has 0 rings (SSSR count). The number of carbonyl (C=O) groups is 1. The standard InChI is InChI=1S/C13H25O2.Sb/c1-5-9-10-13(7-3,8-4)11(6-2)12(14)15;/h5-10H2,1-4H3,(H,14,15);. The summed E-state index contributed by atoms with van der Waals surface area (Å²) in [6, 6.07) is 0. The van der Waals surface area contributed by atoms with Gasteiger partial charge in [-0.05, 0) is 0 Å². The first-order valence-electron chi connectivity index (χ1n) is 6.39. The Morgan fingerprint density at radius 2 is 1.62 bits per heavy atom. The van der Waals surface area contributed by atoms with Gasteiger partial charge in [0, 0.05) is 0 Å². The first-order valence-corrected chi connectivity index (χ1v) is 7.67. The summed E-state index contributed by atoms with van der Waals surface area (Å²) < 4.78 is -0.528. The predicted octanol–water partition coefficient (Wildman–Crippen LogP) is 3.80. The molecule has 0 aromatic heterocycles. The van der Waals surface area contributed by atoms with E-state index < -0.39 is 9.33 Å². The number of carboxylic acids is 1. The molecule has 2 nitrogen and oxygen atoms in total. The molecule has 0 spiro atoms. The van der Waals surface area contributed by atoms with Crippen LogP contribution in [0.2, 0.25) is 3.36 Å². The van der Waals surface area contributed by atoms with Crippen molar-refractivity contribution in [2.24, 2.45) is 5.41 Å². The summed E-state index contributed by atoms with van der Waals surface area (Å²) in [5, 5.41) is 9.54. The van der Waals surface area contributed by atoms with E-state index in [1.165, 1.54) is 23.0 Å². The molecule has 94 valence electrons. The molecule has 3 heteroatoms. The van der Waals surface area contributed by atoms with Crippen molar-refractivity contribution in [3.05, 3.63) is 0 Å². The topological polar surface area (TPSA) is 37.3 Å². The summed E-state index contributed by atoms with van der Waals surface area (Å²) >= 11 is 1.50. The fourth-order valence-electron chi connectivity index (χ4n) is 2.66. The van der Waals surface area contributed by atoms with Crippen molar-refractivity contribution in [3.63, 3.8) is 0 Å². The Hall–Kier alpha value is 0.288. The SMILES string of the molecule is CCCCC(CC)(CC)[C]([Sb])(CC)C(=O)O. The second-order valence-electron chi connectivity index (χ2n) is 4.61. The van der Waals surface area contributed by atoms with Gasteiger partial charge in [0.25, 0.3) is 0 Å². The predicted molar refractivity (Wildman–Crippen MR) is 68.9 cm³/mol. The van der Waals surface area contributed by atoms with Gasteiger partial charge in [-0.25, -0.2) is 0 Å². The van der Waals surface area contributed by atoms with Crippen LogP contribution in [-0.2, 0) is 4.79 Å². The molecular formula is C13H25O2Sb. The summed E-state index contributed by atoms with van der Waals surface area (Å²) in [6.45, 7) is 8.47.